The molecular formula is C24H20ClN3O5S2. The number of hydrogen-bond donors (Lipinski definition) is 3. The molecule has 0 radical (unpaired) electrons. The van der Waals surface area contributed by atoms with Crippen molar-refractivity contribution < 1.29 is 21.6 Å². The van der Waals surface area contributed by atoms with Crippen LogP contribution in [0.15, 0.2) is 89.8 Å². The number of carbonyl (C=O) groups excluding carboxylic acids is 1. The minimum Gasteiger partial charge on any atom is -0.322 e. The first-order valence-corrected chi connectivity index (χ1v) is 14.0. The number of hydrogen-bond acceptors (Lipinski definition) is 5. The van der Waals surface area contributed by atoms with Gasteiger partial charge in [-0.15, -0.1) is 0 Å². The normalized spacial score (nSPS) is 11.7. The summed E-state index contributed by atoms with van der Waals surface area (Å²) in [5.74, 6) is -0.586. The van der Waals surface area contributed by atoms with Crippen molar-refractivity contribution in [3.8, 4) is 0 Å². The summed E-state index contributed by atoms with van der Waals surface area (Å²) >= 11 is 6.11. The van der Waals surface area contributed by atoms with E-state index in [1.54, 1.807) is 12.1 Å². The third-order valence-electron chi connectivity index (χ3n) is 4.97. The monoisotopic (exact) mass is 529 g/mol. The van der Waals surface area contributed by atoms with Crippen molar-refractivity contribution in [2.75, 3.05) is 21.0 Å². The van der Waals surface area contributed by atoms with Crippen molar-refractivity contribution in [1.29, 1.82) is 0 Å². The molecule has 0 heterocycles. The number of rotatable bonds is 7. The average molecular weight is 530 g/mol. The van der Waals surface area contributed by atoms with Gasteiger partial charge < -0.3 is 5.32 Å². The molecule has 0 atom stereocenters. The molecule has 8 nitrogen and oxygen atoms in total. The van der Waals surface area contributed by atoms with Gasteiger partial charge in [0.25, 0.3) is 15.9 Å². The molecule has 0 saturated carbocycles. The highest BCUT2D eigenvalue weighted by atomic mass is 35.5. The van der Waals surface area contributed by atoms with Gasteiger partial charge in [0.05, 0.1) is 27.4 Å². The maximum atomic E-state index is 12.9. The van der Waals surface area contributed by atoms with E-state index < -0.39 is 26.0 Å². The van der Waals surface area contributed by atoms with Gasteiger partial charge >= 0.3 is 0 Å². The van der Waals surface area contributed by atoms with Crippen molar-refractivity contribution in [2.45, 2.75) is 4.90 Å². The highest BCUT2D eigenvalue weighted by molar-refractivity contribution is 7.92. The molecule has 0 aromatic heterocycles. The van der Waals surface area contributed by atoms with Crippen molar-refractivity contribution in [1.82, 2.24) is 0 Å². The lowest BCUT2D eigenvalue weighted by Gasteiger charge is -2.12. The zero-order chi connectivity index (χ0) is 25.2. The van der Waals surface area contributed by atoms with Crippen LogP contribution in [0.1, 0.15) is 10.4 Å². The Morgan fingerprint density at radius 3 is 2.14 bits per heavy atom. The molecule has 35 heavy (non-hydrogen) atoms. The third kappa shape index (κ3) is 5.91. The molecule has 0 aliphatic rings. The fraction of sp³-hybridized carbons (Fsp3) is 0.0417. The largest absolute Gasteiger partial charge is 0.322 e. The first-order valence-electron chi connectivity index (χ1n) is 10.2. The summed E-state index contributed by atoms with van der Waals surface area (Å²) in [7, 11) is -7.41. The first-order chi connectivity index (χ1) is 16.5. The molecule has 0 aliphatic carbocycles. The fourth-order valence-electron chi connectivity index (χ4n) is 3.41. The lowest BCUT2D eigenvalue weighted by molar-refractivity contribution is 0.102. The lowest BCUT2D eigenvalue weighted by Crippen LogP contribution is -2.15. The molecule has 3 N–H and O–H groups in total. The summed E-state index contributed by atoms with van der Waals surface area (Å²) in [6.45, 7) is 0. The van der Waals surface area contributed by atoms with Crippen molar-refractivity contribution >= 4 is 65.4 Å². The van der Waals surface area contributed by atoms with Crippen molar-refractivity contribution in [2.24, 2.45) is 0 Å². The number of carbonyl (C=O) groups is 1. The number of amides is 1. The summed E-state index contributed by atoms with van der Waals surface area (Å²) in [6.07, 6.45) is 0.992. The molecule has 11 heteroatoms. The smallest absolute Gasteiger partial charge is 0.261 e. The molecular weight excluding hydrogens is 510 g/mol. The minimum atomic E-state index is -3.88. The number of nitrogens with one attached hydrogen (secondary N) is 3. The van der Waals surface area contributed by atoms with Crippen LogP contribution in [0.2, 0.25) is 5.02 Å². The zero-order valence-electron chi connectivity index (χ0n) is 18.3. The van der Waals surface area contributed by atoms with Gasteiger partial charge in [0, 0.05) is 16.8 Å². The van der Waals surface area contributed by atoms with E-state index in [0.29, 0.717) is 11.4 Å². The van der Waals surface area contributed by atoms with Crippen LogP contribution in [0.3, 0.4) is 0 Å². The molecule has 0 spiro atoms. The number of sulfonamides is 2. The summed E-state index contributed by atoms with van der Waals surface area (Å²) in [4.78, 5) is 12.7. The Kier molecular flexibility index (Phi) is 6.70. The highest BCUT2D eigenvalue weighted by Gasteiger charge is 2.17. The predicted octanol–water partition coefficient (Wildman–Crippen LogP) is 4.92. The van der Waals surface area contributed by atoms with Crippen LogP contribution >= 0.6 is 11.6 Å². The predicted molar refractivity (Wildman–Crippen MR) is 139 cm³/mol. The molecule has 180 valence electrons. The third-order valence-corrected chi connectivity index (χ3v) is 7.29. The van der Waals surface area contributed by atoms with E-state index in [2.05, 4.69) is 14.8 Å². The van der Waals surface area contributed by atoms with E-state index in [0.717, 1.165) is 17.0 Å². The summed E-state index contributed by atoms with van der Waals surface area (Å²) in [5.41, 5.74) is 1.02. The Labute approximate surface area is 208 Å². The second-order valence-corrected chi connectivity index (χ2v) is 11.5. The average Bonchev–Trinajstić information content (AvgIpc) is 2.80. The molecule has 4 aromatic carbocycles. The van der Waals surface area contributed by atoms with Crippen LogP contribution < -0.4 is 14.8 Å². The second kappa shape index (κ2) is 9.57. The molecule has 0 unspecified atom stereocenters. The molecule has 4 rings (SSSR count). The maximum absolute atomic E-state index is 12.9. The van der Waals surface area contributed by atoms with Crippen molar-refractivity contribution in [3.05, 3.63) is 95.5 Å². The Hall–Kier alpha value is -3.60. The van der Waals surface area contributed by atoms with E-state index >= 15 is 0 Å². The molecule has 0 bridgehead atoms. The zero-order valence-corrected chi connectivity index (χ0v) is 20.7. The number of halogens is 1. The molecule has 0 aliphatic heterocycles. The molecule has 4 aromatic rings. The van der Waals surface area contributed by atoms with Crippen molar-refractivity contribution in [3.63, 3.8) is 0 Å². The van der Waals surface area contributed by atoms with Gasteiger partial charge in [0.2, 0.25) is 10.0 Å². The van der Waals surface area contributed by atoms with Gasteiger partial charge in [0.1, 0.15) is 0 Å². The lowest BCUT2D eigenvalue weighted by atomic mass is 10.1. The topological polar surface area (TPSA) is 121 Å². The van der Waals surface area contributed by atoms with Gasteiger partial charge in [-0.25, -0.2) is 16.8 Å². The van der Waals surface area contributed by atoms with Crippen LogP contribution in [0, 0.1) is 0 Å². The quantitative estimate of drug-likeness (QED) is 0.314. The summed E-state index contributed by atoms with van der Waals surface area (Å²) in [5, 5.41) is 4.42. The van der Waals surface area contributed by atoms with Crippen LogP contribution in [0.4, 0.5) is 17.1 Å². The fourth-order valence-corrected chi connectivity index (χ4v) is 5.25. The molecule has 0 fully saturated rings. The second-order valence-electron chi connectivity index (χ2n) is 7.68. The van der Waals surface area contributed by atoms with Gasteiger partial charge in [-0.3, -0.25) is 14.2 Å². The Morgan fingerprint density at radius 1 is 0.771 bits per heavy atom. The SMILES string of the molecule is CS(=O)(=O)Nc1ccc(Cl)c(C(=O)Nc2ccc(S(=O)(=O)Nc3cccc4ccccc34)cc2)c1. The van der Waals surface area contributed by atoms with E-state index in [9.17, 15) is 21.6 Å². The van der Waals surface area contributed by atoms with Gasteiger partial charge in [-0.1, -0.05) is 48.0 Å². The first kappa shape index (κ1) is 24.5. The van der Waals surface area contributed by atoms with E-state index in [1.807, 2.05) is 30.3 Å². The molecule has 1 amide bonds. The number of fused-ring (bicyclic) bond motifs is 1. The van der Waals surface area contributed by atoms with Crippen LogP contribution in [0.25, 0.3) is 10.8 Å². The Balaban J connectivity index is 1.52. The van der Waals surface area contributed by atoms with Gasteiger partial charge in [0.15, 0.2) is 0 Å². The van der Waals surface area contributed by atoms with E-state index in [1.165, 1.54) is 42.5 Å². The van der Waals surface area contributed by atoms with E-state index in [4.69, 9.17) is 11.6 Å². The van der Waals surface area contributed by atoms with Crippen LogP contribution in [-0.2, 0) is 20.0 Å². The number of anilines is 3. The highest BCUT2D eigenvalue weighted by Crippen LogP contribution is 2.27. The summed E-state index contributed by atoms with van der Waals surface area (Å²) in [6, 6.07) is 22.5. The standard InChI is InChI=1S/C24H20ClN3O5S2/c1-34(30,31)27-18-11-14-22(25)21(15-18)24(29)26-17-9-12-19(13-10-17)35(32,33)28-23-8-4-6-16-5-2-3-7-20(16)23/h2-15,27-28H,1H3,(H,26,29). The number of benzene rings is 4. The molecule has 0 saturated heterocycles. The summed E-state index contributed by atoms with van der Waals surface area (Å²) < 4.78 is 53.6. The van der Waals surface area contributed by atoms with E-state index in [-0.39, 0.29) is 21.2 Å². The Morgan fingerprint density at radius 2 is 1.43 bits per heavy atom. The van der Waals surface area contributed by atoms with Crippen LogP contribution in [0.5, 0.6) is 0 Å². The Bertz CT molecular complexity index is 1630. The van der Waals surface area contributed by atoms with Gasteiger partial charge in [-0.05, 0) is 53.9 Å². The maximum Gasteiger partial charge on any atom is 0.261 e. The minimum absolute atomic E-state index is 0.0146. The van der Waals surface area contributed by atoms with Crippen LogP contribution in [-0.4, -0.2) is 29.0 Å². The van der Waals surface area contributed by atoms with Gasteiger partial charge in [-0.2, -0.15) is 0 Å².